The Hall–Kier alpha value is -1.98. The second-order valence-electron chi connectivity index (χ2n) is 5.42. The van der Waals surface area contributed by atoms with Crippen molar-refractivity contribution in [2.24, 2.45) is 0 Å². The molecule has 2 N–H and O–H groups in total. The van der Waals surface area contributed by atoms with Crippen molar-refractivity contribution in [2.75, 3.05) is 22.1 Å². The lowest BCUT2D eigenvalue weighted by atomic mass is 10.2. The number of hydrogen-bond acceptors (Lipinski definition) is 3. The molecular weight excluding hydrogens is 344 g/mol. The van der Waals surface area contributed by atoms with Gasteiger partial charge in [0.1, 0.15) is 0 Å². The zero-order valence-electron chi connectivity index (χ0n) is 13.6. The molecule has 24 heavy (non-hydrogen) atoms. The van der Waals surface area contributed by atoms with Crippen molar-refractivity contribution in [1.29, 1.82) is 0 Å². The molecule has 2 amide bonds. The van der Waals surface area contributed by atoms with Crippen LogP contribution in [0, 0.1) is 13.8 Å². The monoisotopic (exact) mass is 362 g/mol. The smallest absolute Gasteiger partial charge is 0.234 e. The molecule has 0 atom stereocenters. The van der Waals surface area contributed by atoms with E-state index in [1.54, 1.807) is 12.1 Å². The molecule has 0 radical (unpaired) electrons. The molecule has 2 aromatic rings. The third-order valence-corrected chi connectivity index (χ3v) is 4.60. The predicted octanol–water partition coefficient (Wildman–Crippen LogP) is 4.27. The molecule has 0 saturated heterocycles. The van der Waals surface area contributed by atoms with E-state index in [1.807, 2.05) is 44.2 Å². The van der Waals surface area contributed by atoms with Crippen LogP contribution in [0.1, 0.15) is 11.1 Å². The van der Waals surface area contributed by atoms with Crippen molar-refractivity contribution in [3.8, 4) is 0 Å². The Bertz CT molecular complexity index is 732. The number of aryl methyl sites for hydroxylation is 2. The molecule has 6 heteroatoms. The first kappa shape index (κ1) is 18.4. The van der Waals surface area contributed by atoms with Crippen LogP contribution in [-0.2, 0) is 9.59 Å². The number of rotatable bonds is 6. The Morgan fingerprint density at radius 3 is 2.04 bits per heavy atom. The van der Waals surface area contributed by atoms with Crippen LogP contribution < -0.4 is 10.6 Å². The molecule has 4 nitrogen and oxygen atoms in total. The summed E-state index contributed by atoms with van der Waals surface area (Å²) in [4.78, 5) is 23.7. The number of hydrogen-bond donors (Lipinski definition) is 2. The standard InChI is InChI=1S/C18H19ClN2O2S/c1-12-3-6-14(7-4-12)20-17(22)10-24-11-18(23)21-15-8-5-13(2)16(19)9-15/h3-9H,10-11H2,1-2H3,(H,20,22)(H,21,23). The van der Waals surface area contributed by atoms with Gasteiger partial charge < -0.3 is 10.6 Å². The number of nitrogens with one attached hydrogen (secondary N) is 2. The zero-order valence-corrected chi connectivity index (χ0v) is 15.1. The maximum absolute atomic E-state index is 11.9. The second-order valence-corrected chi connectivity index (χ2v) is 6.81. The van der Waals surface area contributed by atoms with Gasteiger partial charge in [-0.2, -0.15) is 0 Å². The lowest BCUT2D eigenvalue weighted by molar-refractivity contribution is -0.114. The molecule has 0 aliphatic carbocycles. The summed E-state index contributed by atoms with van der Waals surface area (Å²) in [7, 11) is 0. The van der Waals surface area contributed by atoms with Gasteiger partial charge in [0.05, 0.1) is 11.5 Å². The average Bonchev–Trinajstić information content (AvgIpc) is 2.53. The van der Waals surface area contributed by atoms with Gasteiger partial charge in [-0.05, 0) is 43.7 Å². The van der Waals surface area contributed by atoms with E-state index in [9.17, 15) is 9.59 Å². The molecule has 0 saturated carbocycles. The van der Waals surface area contributed by atoms with Gasteiger partial charge in [0.2, 0.25) is 11.8 Å². The maximum atomic E-state index is 11.9. The highest BCUT2D eigenvalue weighted by Gasteiger charge is 2.07. The highest BCUT2D eigenvalue weighted by atomic mass is 35.5. The predicted molar refractivity (Wildman–Crippen MR) is 102 cm³/mol. The topological polar surface area (TPSA) is 58.2 Å². The SMILES string of the molecule is Cc1ccc(NC(=O)CSCC(=O)Nc2ccc(C)c(Cl)c2)cc1. The van der Waals surface area contributed by atoms with E-state index in [0.29, 0.717) is 10.7 Å². The van der Waals surface area contributed by atoms with E-state index in [-0.39, 0.29) is 23.3 Å². The van der Waals surface area contributed by atoms with E-state index < -0.39 is 0 Å². The maximum Gasteiger partial charge on any atom is 0.234 e. The molecule has 2 aromatic carbocycles. The van der Waals surface area contributed by atoms with Crippen molar-refractivity contribution < 1.29 is 9.59 Å². The lowest BCUT2D eigenvalue weighted by Crippen LogP contribution is -2.18. The number of anilines is 2. The van der Waals surface area contributed by atoms with Gasteiger partial charge in [0.15, 0.2) is 0 Å². The summed E-state index contributed by atoms with van der Waals surface area (Å²) in [5.74, 6) is 0.126. The van der Waals surface area contributed by atoms with E-state index in [1.165, 1.54) is 11.8 Å². The first-order valence-electron chi connectivity index (χ1n) is 7.44. The lowest BCUT2D eigenvalue weighted by Gasteiger charge is -2.07. The Morgan fingerprint density at radius 1 is 0.917 bits per heavy atom. The van der Waals surface area contributed by atoms with Crippen LogP contribution in [0.4, 0.5) is 11.4 Å². The summed E-state index contributed by atoms with van der Waals surface area (Å²) in [6, 6.07) is 12.9. The number of carbonyl (C=O) groups is 2. The Labute approximate surface area is 151 Å². The van der Waals surface area contributed by atoms with E-state index >= 15 is 0 Å². The number of carbonyl (C=O) groups excluding carboxylic acids is 2. The number of amides is 2. The molecular formula is C18H19ClN2O2S. The van der Waals surface area contributed by atoms with Crippen LogP contribution >= 0.6 is 23.4 Å². The minimum absolute atomic E-state index is 0.130. The zero-order chi connectivity index (χ0) is 17.5. The summed E-state index contributed by atoms with van der Waals surface area (Å²) in [5.41, 5.74) is 3.50. The molecule has 0 aromatic heterocycles. The third-order valence-electron chi connectivity index (χ3n) is 3.26. The molecule has 0 aliphatic rings. The van der Waals surface area contributed by atoms with Crippen LogP contribution in [0.2, 0.25) is 5.02 Å². The summed E-state index contributed by atoms with van der Waals surface area (Å²) in [6.07, 6.45) is 0. The molecule has 0 bridgehead atoms. The fourth-order valence-electron chi connectivity index (χ4n) is 1.94. The molecule has 0 heterocycles. The summed E-state index contributed by atoms with van der Waals surface area (Å²) < 4.78 is 0. The van der Waals surface area contributed by atoms with Crippen molar-refractivity contribution in [2.45, 2.75) is 13.8 Å². The van der Waals surface area contributed by atoms with E-state index in [0.717, 1.165) is 16.8 Å². The van der Waals surface area contributed by atoms with Crippen LogP contribution in [0.5, 0.6) is 0 Å². The van der Waals surface area contributed by atoms with Crippen LogP contribution in [0.15, 0.2) is 42.5 Å². The van der Waals surface area contributed by atoms with Gasteiger partial charge >= 0.3 is 0 Å². The van der Waals surface area contributed by atoms with E-state index in [2.05, 4.69) is 10.6 Å². The van der Waals surface area contributed by atoms with Crippen molar-refractivity contribution >= 4 is 46.6 Å². The quantitative estimate of drug-likeness (QED) is 0.806. The minimum atomic E-state index is -0.164. The minimum Gasteiger partial charge on any atom is -0.325 e. The van der Waals surface area contributed by atoms with Gasteiger partial charge in [-0.15, -0.1) is 11.8 Å². The Kier molecular flexibility index (Phi) is 6.70. The van der Waals surface area contributed by atoms with Gasteiger partial charge in [-0.3, -0.25) is 9.59 Å². The molecule has 0 unspecified atom stereocenters. The third kappa shape index (κ3) is 5.91. The van der Waals surface area contributed by atoms with E-state index in [4.69, 9.17) is 11.6 Å². The van der Waals surface area contributed by atoms with Crippen LogP contribution in [0.3, 0.4) is 0 Å². The van der Waals surface area contributed by atoms with Gasteiger partial charge in [0, 0.05) is 16.4 Å². The average molecular weight is 363 g/mol. The largest absolute Gasteiger partial charge is 0.325 e. The molecule has 0 spiro atoms. The fraction of sp³-hybridized carbons (Fsp3) is 0.222. The Morgan fingerprint density at radius 2 is 1.46 bits per heavy atom. The summed E-state index contributed by atoms with van der Waals surface area (Å²) >= 11 is 7.28. The molecule has 126 valence electrons. The Balaban J connectivity index is 1.72. The van der Waals surface area contributed by atoms with Crippen molar-refractivity contribution in [3.05, 3.63) is 58.6 Å². The summed E-state index contributed by atoms with van der Waals surface area (Å²) in [5, 5.41) is 6.17. The number of benzene rings is 2. The normalized spacial score (nSPS) is 10.3. The van der Waals surface area contributed by atoms with Gasteiger partial charge in [-0.25, -0.2) is 0 Å². The van der Waals surface area contributed by atoms with Crippen LogP contribution in [0.25, 0.3) is 0 Å². The number of thioether (sulfide) groups is 1. The van der Waals surface area contributed by atoms with Gasteiger partial charge in [-0.1, -0.05) is 35.4 Å². The van der Waals surface area contributed by atoms with Crippen LogP contribution in [-0.4, -0.2) is 23.3 Å². The first-order chi connectivity index (χ1) is 11.4. The second kappa shape index (κ2) is 8.76. The van der Waals surface area contributed by atoms with Gasteiger partial charge in [0.25, 0.3) is 0 Å². The highest BCUT2D eigenvalue weighted by molar-refractivity contribution is 8.00. The first-order valence-corrected chi connectivity index (χ1v) is 8.97. The van der Waals surface area contributed by atoms with Crippen molar-refractivity contribution in [3.63, 3.8) is 0 Å². The molecule has 0 aliphatic heterocycles. The molecule has 2 rings (SSSR count). The highest BCUT2D eigenvalue weighted by Crippen LogP contribution is 2.20. The number of halogens is 1. The van der Waals surface area contributed by atoms with Crippen molar-refractivity contribution in [1.82, 2.24) is 0 Å². The summed E-state index contributed by atoms with van der Waals surface area (Å²) in [6.45, 7) is 3.89. The molecule has 0 fully saturated rings. The fourth-order valence-corrected chi connectivity index (χ4v) is 2.74.